The van der Waals surface area contributed by atoms with Crippen molar-refractivity contribution < 1.29 is 4.57 Å². The number of fused-ring (bicyclic) bond motifs is 12. The summed E-state index contributed by atoms with van der Waals surface area (Å²) >= 11 is 1.73. The third kappa shape index (κ3) is 4.83. The summed E-state index contributed by atoms with van der Waals surface area (Å²) < 4.78 is 18.6. The Morgan fingerprint density at radius 2 is 1.14 bits per heavy atom. The number of aromatic nitrogens is 4. The van der Waals surface area contributed by atoms with Gasteiger partial charge in [0.25, 0.3) is 0 Å². The van der Waals surface area contributed by atoms with Crippen LogP contribution < -0.4 is 16.2 Å². The predicted molar refractivity (Wildman–Crippen MR) is 239 cm³/mol. The molecule has 0 atom stereocenters. The monoisotopic (exact) mass is 754 g/mol. The fourth-order valence-corrected chi connectivity index (χ4v) is 12.0. The summed E-state index contributed by atoms with van der Waals surface area (Å²) in [5.41, 5.74) is 6.35. The third-order valence-electron chi connectivity index (χ3n) is 11.2. The van der Waals surface area contributed by atoms with Crippen molar-refractivity contribution >= 4 is 126 Å². The number of nitrogens with zero attached hydrogens (tertiary/aromatic N) is 4. The first kappa shape index (κ1) is 32.8. The summed E-state index contributed by atoms with van der Waals surface area (Å²) in [6.45, 7) is 6.12. The molecule has 0 aliphatic carbocycles. The summed E-state index contributed by atoms with van der Waals surface area (Å²) in [7, 11) is -3.68. The van der Waals surface area contributed by atoms with E-state index in [2.05, 4.69) is 80.2 Å². The van der Waals surface area contributed by atoms with Crippen LogP contribution in [0.15, 0.2) is 159 Å². The molecule has 0 radical (unpaired) electrons. The number of hydrogen-bond acceptors (Lipinski definition) is 6. The Labute approximate surface area is 325 Å². The van der Waals surface area contributed by atoms with Gasteiger partial charge >= 0.3 is 0 Å². The van der Waals surface area contributed by atoms with Crippen LogP contribution in [0.3, 0.4) is 0 Å². The van der Waals surface area contributed by atoms with Gasteiger partial charge < -0.3 is 4.57 Å². The van der Waals surface area contributed by atoms with E-state index in [1.54, 1.807) is 23.7 Å². The van der Waals surface area contributed by atoms with Crippen molar-refractivity contribution in [3.63, 3.8) is 0 Å². The molecule has 0 bridgehead atoms. The molecule has 0 fully saturated rings. The lowest BCUT2D eigenvalue weighted by Gasteiger charge is -2.19. The summed E-state index contributed by atoms with van der Waals surface area (Å²) in [5.74, 6) is 0. The van der Waals surface area contributed by atoms with Gasteiger partial charge in [0.2, 0.25) is 7.14 Å². The number of allylic oxidation sites excluding steroid dienone is 2. The lowest BCUT2D eigenvalue weighted by Crippen LogP contribution is -2.29. The van der Waals surface area contributed by atoms with Crippen molar-refractivity contribution in [2.45, 2.75) is 6.92 Å². The van der Waals surface area contributed by atoms with Crippen molar-refractivity contribution in [2.75, 3.05) is 0 Å². The van der Waals surface area contributed by atoms with Gasteiger partial charge in [-0.2, -0.15) is 0 Å². The Morgan fingerprint density at radius 3 is 1.79 bits per heavy atom. The molecule has 11 rings (SSSR count). The molecule has 0 N–H and O–H groups in total. The number of benzene rings is 6. The van der Waals surface area contributed by atoms with Gasteiger partial charge in [-0.05, 0) is 82.1 Å². The number of thiophene rings is 1. The normalized spacial score (nSPS) is 12.4. The van der Waals surface area contributed by atoms with E-state index < -0.39 is 7.14 Å². The van der Waals surface area contributed by atoms with Crippen LogP contribution in [-0.4, -0.2) is 19.9 Å². The van der Waals surface area contributed by atoms with Crippen molar-refractivity contribution in [1.82, 2.24) is 19.9 Å². The van der Waals surface area contributed by atoms with E-state index in [0.717, 1.165) is 42.7 Å². The highest BCUT2D eigenvalue weighted by molar-refractivity contribution is 7.85. The Morgan fingerprint density at radius 1 is 0.554 bits per heavy atom. The van der Waals surface area contributed by atoms with Gasteiger partial charge in [0.05, 0.1) is 22.1 Å². The van der Waals surface area contributed by atoms with E-state index in [9.17, 15) is 0 Å². The van der Waals surface area contributed by atoms with E-state index in [1.807, 2.05) is 78.9 Å². The van der Waals surface area contributed by atoms with Crippen LogP contribution in [-0.2, 0) is 4.57 Å². The highest BCUT2D eigenvalue weighted by Gasteiger charge is 2.34. The molecule has 0 saturated heterocycles. The smallest absolute Gasteiger partial charge is 0.206 e. The van der Waals surface area contributed by atoms with Crippen molar-refractivity contribution in [1.29, 1.82) is 0 Å². The molecule has 5 aromatic heterocycles. The molecule has 5 heterocycles. The Bertz CT molecular complexity index is 3450. The predicted octanol–water partition coefficient (Wildman–Crippen LogP) is 11.7. The summed E-state index contributed by atoms with van der Waals surface area (Å²) in [4.78, 5) is 19.8. The second-order valence-corrected chi connectivity index (χ2v) is 18.0. The molecule has 0 aliphatic heterocycles. The summed E-state index contributed by atoms with van der Waals surface area (Å²) in [6.07, 6.45) is 9.54. The molecule has 0 saturated carbocycles. The zero-order valence-electron chi connectivity index (χ0n) is 30.3. The van der Waals surface area contributed by atoms with E-state index >= 15 is 4.57 Å². The van der Waals surface area contributed by atoms with Gasteiger partial charge in [0, 0.05) is 59.4 Å². The second kappa shape index (κ2) is 12.5. The molecular weight excluding hydrogens is 724 g/mol. The minimum absolute atomic E-state index is 0.469. The highest BCUT2D eigenvalue weighted by Crippen LogP contribution is 2.46. The van der Waals surface area contributed by atoms with Crippen molar-refractivity contribution in [2.24, 2.45) is 0 Å². The molecular formula is C49H31N4OPS. The SMILES string of the molecule is C=C/C=C\c1c(C)c2cc3c(cc2c2ccccc12)sc1cc(P(=O)(c2ccc4ccc5cccnc5c4n2)c2ccc4ccc5cccnc5c4n2)ccc13. The summed E-state index contributed by atoms with van der Waals surface area (Å²) in [5, 5.41) is 11.7. The van der Waals surface area contributed by atoms with Gasteiger partial charge in [-0.25, -0.2) is 9.97 Å². The molecule has 6 aromatic carbocycles. The molecule has 0 spiro atoms. The first-order chi connectivity index (χ1) is 27.5. The van der Waals surface area contributed by atoms with Gasteiger partial charge in [-0.1, -0.05) is 110 Å². The Hall–Kier alpha value is -6.59. The Kier molecular flexibility index (Phi) is 7.31. The molecule has 5 nitrogen and oxygen atoms in total. The lowest BCUT2D eigenvalue weighted by molar-refractivity contribution is 0.591. The van der Waals surface area contributed by atoms with Gasteiger partial charge in [0.15, 0.2) is 0 Å². The second-order valence-electron chi connectivity index (χ2n) is 14.2. The van der Waals surface area contributed by atoms with Crippen LogP contribution in [0.25, 0.3) is 91.4 Å². The fraction of sp³-hybridized carbons (Fsp3) is 0.0204. The van der Waals surface area contributed by atoms with E-state index in [0.29, 0.717) is 27.2 Å². The van der Waals surface area contributed by atoms with E-state index in [-0.39, 0.29) is 0 Å². The van der Waals surface area contributed by atoms with Gasteiger partial charge in [-0.3, -0.25) is 9.97 Å². The highest BCUT2D eigenvalue weighted by atomic mass is 32.1. The number of pyridine rings is 4. The number of aryl methyl sites for hydroxylation is 1. The van der Waals surface area contributed by atoms with Crippen LogP contribution in [0, 0.1) is 6.92 Å². The van der Waals surface area contributed by atoms with Crippen LogP contribution in [0.1, 0.15) is 11.1 Å². The molecule has 0 amide bonds. The van der Waals surface area contributed by atoms with Crippen molar-refractivity contribution in [3.05, 3.63) is 170 Å². The topological polar surface area (TPSA) is 68.6 Å². The first-order valence-corrected chi connectivity index (χ1v) is 21.0. The number of rotatable bonds is 5. The molecule has 7 heteroatoms. The van der Waals surface area contributed by atoms with E-state index in [1.165, 1.54) is 42.8 Å². The zero-order valence-corrected chi connectivity index (χ0v) is 32.0. The van der Waals surface area contributed by atoms with Crippen LogP contribution in [0.5, 0.6) is 0 Å². The van der Waals surface area contributed by atoms with Gasteiger partial charge in [0.1, 0.15) is 10.9 Å². The van der Waals surface area contributed by atoms with Crippen LogP contribution in [0.4, 0.5) is 0 Å². The average molecular weight is 755 g/mol. The largest absolute Gasteiger partial charge is 0.305 e. The molecule has 0 unspecified atom stereocenters. The minimum atomic E-state index is -3.68. The molecule has 264 valence electrons. The maximum absolute atomic E-state index is 16.4. The average Bonchev–Trinajstić information content (AvgIpc) is 3.62. The molecule has 11 aromatic rings. The zero-order chi connectivity index (χ0) is 37.5. The van der Waals surface area contributed by atoms with Gasteiger partial charge in [-0.15, -0.1) is 11.3 Å². The molecule has 0 aliphatic rings. The standard InChI is InChI=1S/C49H31N4OPS/c1-3-4-11-35-29(2)39-27-41-38-21-20-34(26-42(38)56-43(41)28-40(39)37-13-6-5-12-36(35)37)55(54,44-22-18-32-16-14-30-9-7-24-50-46(30)48(32)52-44)45-23-19-33-17-15-31-10-8-25-51-47(31)49(33)53-45/h3-28H,1H2,2H3/b11-4-. The van der Waals surface area contributed by atoms with Crippen LogP contribution in [0.2, 0.25) is 0 Å². The minimum Gasteiger partial charge on any atom is -0.305 e. The first-order valence-electron chi connectivity index (χ1n) is 18.5. The quantitative estimate of drug-likeness (QED) is 0.0994. The van der Waals surface area contributed by atoms with Crippen molar-refractivity contribution in [3.8, 4) is 0 Å². The Balaban J connectivity index is 1.18. The number of hydrogen-bond donors (Lipinski definition) is 0. The maximum atomic E-state index is 16.4. The summed E-state index contributed by atoms with van der Waals surface area (Å²) in [6, 6.07) is 43.4. The maximum Gasteiger partial charge on any atom is 0.206 e. The molecule has 56 heavy (non-hydrogen) atoms. The fourth-order valence-electron chi connectivity index (χ4n) is 8.38. The van der Waals surface area contributed by atoms with E-state index in [4.69, 9.17) is 19.9 Å². The lowest BCUT2D eigenvalue weighted by atomic mass is 9.91. The third-order valence-corrected chi connectivity index (χ3v) is 15.1. The van der Waals surface area contributed by atoms with Crippen LogP contribution >= 0.6 is 18.5 Å².